The van der Waals surface area contributed by atoms with Gasteiger partial charge in [0.1, 0.15) is 0 Å². The predicted molar refractivity (Wildman–Crippen MR) is 102 cm³/mol. The van der Waals surface area contributed by atoms with Gasteiger partial charge in [-0.15, -0.1) is 0 Å². The number of ether oxygens (including phenoxy) is 1. The second-order valence-corrected chi connectivity index (χ2v) is 6.65. The van der Waals surface area contributed by atoms with Gasteiger partial charge in [0.2, 0.25) is 12.8 Å². The molecule has 0 aliphatic carbocycles. The molecule has 0 atom stereocenters. The van der Waals surface area contributed by atoms with E-state index in [2.05, 4.69) is 17.7 Å². The molecule has 9 nitrogen and oxygen atoms in total. The van der Waals surface area contributed by atoms with E-state index in [1.165, 1.54) is 7.11 Å². The quantitative estimate of drug-likeness (QED) is 0.154. The van der Waals surface area contributed by atoms with Crippen molar-refractivity contribution in [3.8, 4) is 5.75 Å². The highest BCUT2D eigenvalue weighted by atomic mass is 16.6. The van der Waals surface area contributed by atoms with E-state index >= 15 is 0 Å². The summed E-state index contributed by atoms with van der Waals surface area (Å²) < 4.78 is 5.79. The van der Waals surface area contributed by atoms with E-state index in [1.807, 2.05) is 6.07 Å². The second kappa shape index (κ2) is 11.8. The molecule has 0 aliphatic heterocycles. The van der Waals surface area contributed by atoms with Crippen LogP contribution in [0.2, 0.25) is 0 Å². The Morgan fingerprint density at radius 1 is 1.11 bits per heavy atom. The molecule has 0 radical (unpaired) electrons. The van der Waals surface area contributed by atoms with Crippen molar-refractivity contribution in [2.45, 2.75) is 19.3 Å². The summed E-state index contributed by atoms with van der Waals surface area (Å²) in [6, 6.07) is 5.03. The molecule has 1 aromatic carbocycles. The van der Waals surface area contributed by atoms with Crippen molar-refractivity contribution in [3.05, 3.63) is 33.9 Å². The summed E-state index contributed by atoms with van der Waals surface area (Å²) in [7, 11) is 3.54. The third kappa shape index (κ3) is 8.04. The number of nitro benzene ring substituents is 1. The van der Waals surface area contributed by atoms with Gasteiger partial charge >= 0.3 is 5.69 Å². The van der Waals surface area contributed by atoms with E-state index in [9.17, 15) is 19.7 Å². The molecule has 0 saturated carbocycles. The predicted octanol–water partition coefficient (Wildman–Crippen LogP) is 0.865. The second-order valence-electron chi connectivity index (χ2n) is 6.65. The molecule has 2 amide bonds. The van der Waals surface area contributed by atoms with E-state index in [4.69, 9.17) is 4.74 Å². The maximum absolute atomic E-state index is 11.2. The monoisotopic (exact) mass is 381 g/mol. The Bertz CT molecular complexity index is 608. The lowest BCUT2D eigenvalue weighted by molar-refractivity contribution is -0.909. The van der Waals surface area contributed by atoms with E-state index in [-0.39, 0.29) is 11.4 Å². The van der Waals surface area contributed by atoms with Crippen molar-refractivity contribution < 1.29 is 23.7 Å². The third-order valence-electron chi connectivity index (χ3n) is 4.59. The van der Waals surface area contributed by atoms with E-state index in [0.717, 1.165) is 42.5 Å². The molecule has 9 heteroatoms. The Balaban J connectivity index is 2.75. The molecule has 0 aromatic heterocycles. The van der Waals surface area contributed by atoms with Crippen LogP contribution in [0.1, 0.15) is 18.4 Å². The summed E-state index contributed by atoms with van der Waals surface area (Å²) in [5, 5.41) is 16.5. The van der Waals surface area contributed by atoms with Crippen LogP contribution in [0.5, 0.6) is 5.75 Å². The minimum Gasteiger partial charge on any atom is -0.490 e. The maximum atomic E-state index is 11.2. The van der Waals surface area contributed by atoms with Crippen LogP contribution in [0.15, 0.2) is 18.2 Å². The molecule has 1 rings (SSSR count). The van der Waals surface area contributed by atoms with Gasteiger partial charge < -0.3 is 19.9 Å². The Hall–Kier alpha value is -2.68. The molecule has 0 aliphatic rings. The fourth-order valence-corrected chi connectivity index (χ4v) is 3.01. The van der Waals surface area contributed by atoms with Gasteiger partial charge in [-0.05, 0) is 11.6 Å². The third-order valence-corrected chi connectivity index (χ3v) is 4.59. The minimum atomic E-state index is -0.438. The zero-order chi connectivity index (χ0) is 20.1. The number of amides is 2. The van der Waals surface area contributed by atoms with E-state index < -0.39 is 4.92 Å². The normalized spacial score (nSPS) is 10.9. The van der Waals surface area contributed by atoms with Gasteiger partial charge in [0, 0.05) is 38.4 Å². The number of rotatable bonds is 15. The number of benzene rings is 1. The number of nitro groups is 1. The minimum absolute atomic E-state index is 0.0328. The lowest BCUT2D eigenvalue weighted by Crippen LogP contribution is -2.48. The number of hydrogen-bond acceptors (Lipinski definition) is 5. The number of hydrogen-bond donors (Lipinski definition) is 2. The first kappa shape index (κ1) is 22.4. The van der Waals surface area contributed by atoms with Crippen LogP contribution in [-0.4, -0.2) is 69.1 Å². The molecule has 0 bridgehead atoms. The van der Waals surface area contributed by atoms with Crippen LogP contribution in [0.3, 0.4) is 0 Å². The first-order valence-electron chi connectivity index (χ1n) is 8.94. The molecule has 0 saturated heterocycles. The van der Waals surface area contributed by atoms with Crippen molar-refractivity contribution in [2.24, 2.45) is 0 Å². The van der Waals surface area contributed by atoms with Crippen LogP contribution < -0.4 is 15.4 Å². The van der Waals surface area contributed by atoms with Gasteiger partial charge in [0.05, 0.1) is 38.7 Å². The molecule has 150 valence electrons. The Morgan fingerprint density at radius 2 is 1.70 bits per heavy atom. The molecule has 0 spiro atoms. The number of quaternary nitrogens is 1. The molecule has 2 N–H and O–H groups in total. The van der Waals surface area contributed by atoms with Gasteiger partial charge in [-0.1, -0.05) is 6.07 Å². The zero-order valence-corrected chi connectivity index (χ0v) is 16.0. The summed E-state index contributed by atoms with van der Waals surface area (Å²) in [6.07, 6.45) is 3.73. The van der Waals surface area contributed by atoms with Crippen molar-refractivity contribution in [1.29, 1.82) is 0 Å². The molecule has 1 aromatic rings. The Morgan fingerprint density at radius 3 is 2.19 bits per heavy atom. The molecule has 0 fully saturated rings. The standard InChI is InChI=1S/C18H28N4O5/c1-22(10-3-8-19-14-23,11-4-9-20-15-24)12-7-16-5-6-18(27-2)17(13-16)21(25)26/h5-6,13-15H,3-4,7-12H2,1-2H3,(H-,19,20,23,24)/p+1. The van der Waals surface area contributed by atoms with Crippen molar-refractivity contribution in [2.75, 3.05) is 46.9 Å². The smallest absolute Gasteiger partial charge is 0.311 e. The largest absolute Gasteiger partial charge is 0.490 e. The van der Waals surface area contributed by atoms with E-state index in [1.54, 1.807) is 12.1 Å². The van der Waals surface area contributed by atoms with Crippen LogP contribution in [0.4, 0.5) is 5.69 Å². The van der Waals surface area contributed by atoms with Crippen molar-refractivity contribution in [1.82, 2.24) is 10.6 Å². The SMILES string of the molecule is COc1ccc(CC[N+](C)(CCCNC=O)CCCNC=O)cc1[N+](=O)[O-]. The summed E-state index contributed by atoms with van der Waals surface area (Å²) in [5.41, 5.74) is 0.846. The number of nitrogens with zero attached hydrogens (tertiary/aromatic N) is 2. The Labute approximate surface area is 159 Å². The Kier molecular flexibility index (Phi) is 9.81. The van der Waals surface area contributed by atoms with Gasteiger partial charge in [-0.3, -0.25) is 19.7 Å². The maximum Gasteiger partial charge on any atom is 0.311 e. The van der Waals surface area contributed by atoms with Gasteiger partial charge in [0.15, 0.2) is 5.75 Å². The summed E-state index contributed by atoms with van der Waals surface area (Å²) >= 11 is 0. The topological polar surface area (TPSA) is 111 Å². The summed E-state index contributed by atoms with van der Waals surface area (Å²) in [6.45, 7) is 3.74. The fraction of sp³-hybridized carbons (Fsp3) is 0.556. The molecule has 27 heavy (non-hydrogen) atoms. The first-order valence-corrected chi connectivity index (χ1v) is 8.94. The average Bonchev–Trinajstić information content (AvgIpc) is 2.67. The first-order chi connectivity index (χ1) is 13.0. The summed E-state index contributed by atoms with van der Waals surface area (Å²) in [5.74, 6) is 0.251. The average molecular weight is 381 g/mol. The van der Waals surface area contributed by atoms with Crippen molar-refractivity contribution >= 4 is 18.5 Å². The van der Waals surface area contributed by atoms with Crippen molar-refractivity contribution in [3.63, 3.8) is 0 Å². The highest BCUT2D eigenvalue weighted by Crippen LogP contribution is 2.28. The summed E-state index contributed by atoms with van der Waals surface area (Å²) in [4.78, 5) is 31.6. The van der Waals surface area contributed by atoms with Gasteiger partial charge in [0.25, 0.3) is 0 Å². The molecular formula is C18H29N4O5+. The zero-order valence-electron chi connectivity index (χ0n) is 16.0. The molecular weight excluding hydrogens is 352 g/mol. The molecule has 0 unspecified atom stereocenters. The van der Waals surface area contributed by atoms with E-state index in [0.29, 0.717) is 32.3 Å². The fourth-order valence-electron chi connectivity index (χ4n) is 3.01. The lowest BCUT2D eigenvalue weighted by Gasteiger charge is -2.35. The highest BCUT2D eigenvalue weighted by Gasteiger charge is 2.22. The lowest BCUT2D eigenvalue weighted by atomic mass is 10.1. The highest BCUT2D eigenvalue weighted by molar-refractivity contribution is 5.48. The number of carbonyl (C=O) groups excluding carboxylic acids is 2. The number of carbonyl (C=O) groups is 2. The van der Waals surface area contributed by atoms with Crippen LogP contribution in [0.25, 0.3) is 0 Å². The van der Waals surface area contributed by atoms with Crippen LogP contribution >= 0.6 is 0 Å². The van der Waals surface area contributed by atoms with Crippen LogP contribution in [-0.2, 0) is 16.0 Å². The number of nitrogens with one attached hydrogen (secondary N) is 2. The molecule has 0 heterocycles. The van der Waals surface area contributed by atoms with Gasteiger partial charge in [-0.25, -0.2) is 0 Å². The van der Waals surface area contributed by atoms with Crippen LogP contribution in [0, 0.1) is 10.1 Å². The van der Waals surface area contributed by atoms with Gasteiger partial charge in [-0.2, -0.15) is 0 Å². The number of methoxy groups -OCH3 is 1. The number of likely N-dealkylation sites (N-methyl/N-ethyl adjacent to an activating group) is 1.